The van der Waals surface area contributed by atoms with Crippen molar-refractivity contribution in [1.29, 1.82) is 0 Å². The van der Waals surface area contributed by atoms with Gasteiger partial charge in [-0.05, 0) is 35.9 Å². The van der Waals surface area contributed by atoms with Crippen LogP contribution in [0.2, 0.25) is 10.0 Å². The van der Waals surface area contributed by atoms with E-state index >= 15 is 0 Å². The van der Waals surface area contributed by atoms with E-state index in [2.05, 4.69) is 10.3 Å². The Morgan fingerprint density at radius 1 is 1.09 bits per heavy atom. The first-order chi connectivity index (χ1) is 10.6. The van der Waals surface area contributed by atoms with Crippen LogP contribution in [0, 0.1) is 0 Å². The van der Waals surface area contributed by atoms with Crippen molar-refractivity contribution in [3.8, 4) is 0 Å². The number of anilines is 1. The summed E-state index contributed by atoms with van der Waals surface area (Å²) in [7, 11) is 0. The van der Waals surface area contributed by atoms with E-state index in [1.165, 1.54) is 0 Å². The molecule has 2 heterocycles. The zero-order valence-electron chi connectivity index (χ0n) is 11.4. The fraction of sp³-hybridized carbons (Fsp3) is 0.125. The fourth-order valence-corrected chi connectivity index (χ4v) is 3.06. The van der Waals surface area contributed by atoms with Crippen molar-refractivity contribution in [3.63, 3.8) is 0 Å². The highest BCUT2D eigenvalue weighted by atomic mass is 35.5. The molecule has 1 aromatic heterocycles. The van der Waals surface area contributed by atoms with Crippen LogP contribution >= 0.6 is 23.2 Å². The summed E-state index contributed by atoms with van der Waals surface area (Å²) in [4.78, 5) is 17.0. The lowest BCUT2D eigenvalue weighted by atomic mass is 10.0. The molecule has 2 aromatic carbocycles. The summed E-state index contributed by atoms with van der Waals surface area (Å²) in [5.74, 6) is 0.548. The second-order valence-corrected chi connectivity index (χ2v) is 6.12. The van der Waals surface area contributed by atoms with Gasteiger partial charge in [0.25, 0.3) is 0 Å². The molecule has 0 fully saturated rings. The van der Waals surface area contributed by atoms with Gasteiger partial charge in [0.1, 0.15) is 0 Å². The first-order valence-electron chi connectivity index (χ1n) is 6.85. The van der Waals surface area contributed by atoms with E-state index < -0.39 is 0 Å². The van der Waals surface area contributed by atoms with Gasteiger partial charge in [-0.3, -0.25) is 4.79 Å². The van der Waals surface area contributed by atoms with Gasteiger partial charge in [0.2, 0.25) is 11.9 Å². The average Bonchev–Trinajstić information content (AvgIpc) is 2.86. The Balaban J connectivity index is 1.79. The molecule has 1 N–H and O–H groups in total. The summed E-state index contributed by atoms with van der Waals surface area (Å²) in [6.45, 7) is 0. The molecule has 1 aliphatic rings. The molecule has 4 nitrogen and oxygen atoms in total. The SMILES string of the molecule is O=C1CC(c2ccc(Cl)cc2)Nc2nc3ccc(Cl)cc3n21. The van der Waals surface area contributed by atoms with Crippen molar-refractivity contribution >= 4 is 46.1 Å². The van der Waals surface area contributed by atoms with Gasteiger partial charge >= 0.3 is 0 Å². The van der Waals surface area contributed by atoms with Crippen molar-refractivity contribution in [3.05, 3.63) is 58.1 Å². The Labute approximate surface area is 136 Å². The zero-order chi connectivity index (χ0) is 15.3. The van der Waals surface area contributed by atoms with Crippen LogP contribution in [0.25, 0.3) is 11.0 Å². The van der Waals surface area contributed by atoms with E-state index in [0.29, 0.717) is 22.4 Å². The van der Waals surface area contributed by atoms with Gasteiger partial charge in [-0.25, -0.2) is 9.55 Å². The maximum Gasteiger partial charge on any atom is 0.236 e. The summed E-state index contributed by atoms with van der Waals surface area (Å²) in [6.07, 6.45) is 0.354. The Morgan fingerprint density at radius 2 is 1.82 bits per heavy atom. The van der Waals surface area contributed by atoms with E-state index in [0.717, 1.165) is 16.6 Å². The van der Waals surface area contributed by atoms with Crippen molar-refractivity contribution in [2.75, 3.05) is 5.32 Å². The lowest BCUT2D eigenvalue weighted by molar-refractivity contribution is 0.0893. The third kappa shape index (κ3) is 2.16. The minimum absolute atomic E-state index is 0.00142. The van der Waals surface area contributed by atoms with Crippen molar-refractivity contribution in [2.24, 2.45) is 0 Å². The molecule has 0 aliphatic carbocycles. The molecule has 4 rings (SSSR count). The van der Waals surface area contributed by atoms with Crippen molar-refractivity contribution < 1.29 is 4.79 Å². The summed E-state index contributed by atoms with van der Waals surface area (Å²) >= 11 is 11.9. The van der Waals surface area contributed by atoms with Crippen LogP contribution in [-0.2, 0) is 0 Å². The molecule has 3 aromatic rings. The highest BCUT2D eigenvalue weighted by Gasteiger charge is 2.28. The van der Waals surface area contributed by atoms with Crippen molar-refractivity contribution in [2.45, 2.75) is 12.5 Å². The van der Waals surface area contributed by atoms with Crippen LogP contribution in [0.4, 0.5) is 5.95 Å². The van der Waals surface area contributed by atoms with Gasteiger partial charge in [-0.15, -0.1) is 0 Å². The van der Waals surface area contributed by atoms with Gasteiger partial charge < -0.3 is 5.32 Å². The van der Waals surface area contributed by atoms with Gasteiger partial charge in [0.05, 0.1) is 23.5 Å². The zero-order valence-corrected chi connectivity index (χ0v) is 12.9. The van der Waals surface area contributed by atoms with Crippen molar-refractivity contribution in [1.82, 2.24) is 9.55 Å². The van der Waals surface area contributed by atoms with E-state index in [4.69, 9.17) is 23.2 Å². The Hall–Kier alpha value is -2.04. The molecule has 0 saturated heterocycles. The standard InChI is InChI=1S/C16H11Cl2N3O/c17-10-3-1-9(2-4-10)13-8-15(22)21-14-7-11(18)5-6-12(14)19-16(21)20-13/h1-7,13H,8H2,(H,19,20). The molecule has 6 heteroatoms. The molecular weight excluding hydrogens is 321 g/mol. The predicted molar refractivity (Wildman–Crippen MR) is 87.8 cm³/mol. The number of carbonyl (C=O) groups excluding carboxylic acids is 1. The number of hydrogen-bond acceptors (Lipinski definition) is 3. The molecule has 0 spiro atoms. The van der Waals surface area contributed by atoms with Crippen LogP contribution < -0.4 is 5.32 Å². The number of nitrogens with one attached hydrogen (secondary N) is 1. The fourth-order valence-electron chi connectivity index (χ4n) is 2.77. The number of carbonyl (C=O) groups is 1. The number of benzene rings is 2. The molecule has 0 radical (unpaired) electrons. The molecule has 0 saturated carbocycles. The van der Waals surface area contributed by atoms with Crippen LogP contribution in [-0.4, -0.2) is 15.5 Å². The molecule has 110 valence electrons. The van der Waals surface area contributed by atoms with Gasteiger partial charge in [0.15, 0.2) is 0 Å². The van der Waals surface area contributed by atoms with Crippen LogP contribution in [0.5, 0.6) is 0 Å². The predicted octanol–water partition coefficient (Wildman–Crippen LogP) is 4.54. The molecule has 0 amide bonds. The van der Waals surface area contributed by atoms with Gasteiger partial charge in [-0.2, -0.15) is 0 Å². The average molecular weight is 332 g/mol. The summed E-state index contributed by atoms with van der Waals surface area (Å²) in [6, 6.07) is 12.7. The summed E-state index contributed by atoms with van der Waals surface area (Å²) in [5.41, 5.74) is 2.49. The minimum atomic E-state index is -0.107. The normalized spacial score (nSPS) is 17.4. The van der Waals surface area contributed by atoms with Crippen LogP contribution in [0.3, 0.4) is 0 Å². The summed E-state index contributed by atoms with van der Waals surface area (Å²) < 4.78 is 1.59. The van der Waals surface area contributed by atoms with Gasteiger partial charge in [0, 0.05) is 10.0 Å². The number of hydrogen-bond donors (Lipinski definition) is 1. The summed E-state index contributed by atoms with van der Waals surface area (Å²) in [5, 5.41) is 4.58. The number of aromatic nitrogens is 2. The Kier molecular flexibility index (Phi) is 3.10. The molecule has 1 atom stereocenters. The molecule has 1 aliphatic heterocycles. The molecule has 1 unspecified atom stereocenters. The first-order valence-corrected chi connectivity index (χ1v) is 7.60. The third-order valence-electron chi connectivity index (χ3n) is 3.82. The largest absolute Gasteiger partial charge is 0.348 e. The third-order valence-corrected chi connectivity index (χ3v) is 4.31. The molecular formula is C16H11Cl2N3O. The van der Waals surface area contributed by atoms with E-state index in [1.54, 1.807) is 16.7 Å². The monoisotopic (exact) mass is 331 g/mol. The van der Waals surface area contributed by atoms with Crippen LogP contribution in [0.15, 0.2) is 42.5 Å². The Bertz CT molecular complexity index is 886. The number of imidazole rings is 1. The van der Waals surface area contributed by atoms with Crippen LogP contribution in [0.1, 0.15) is 22.8 Å². The first kappa shape index (κ1) is 13.6. The maximum absolute atomic E-state index is 12.5. The number of nitrogens with zero attached hydrogens (tertiary/aromatic N) is 2. The second kappa shape index (κ2) is 5.00. The second-order valence-electron chi connectivity index (χ2n) is 5.25. The lowest BCUT2D eigenvalue weighted by Gasteiger charge is -2.25. The number of halogens is 2. The number of fused-ring (bicyclic) bond motifs is 3. The molecule has 0 bridgehead atoms. The highest BCUT2D eigenvalue weighted by molar-refractivity contribution is 6.31. The topological polar surface area (TPSA) is 46.9 Å². The molecule has 22 heavy (non-hydrogen) atoms. The van der Waals surface area contributed by atoms with E-state index in [9.17, 15) is 4.79 Å². The Morgan fingerprint density at radius 3 is 2.59 bits per heavy atom. The quantitative estimate of drug-likeness (QED) is 0.712. The highest BCUT2D eigenvalue weighted by Crippen LogP contribution is 2.32. The minimum Gasteiger partial charge on any atom is -0.348 e. The van der Waals surface area contributed by atoms with E-state index in [1.807, 2.05) is 30.3 Å². The van der Waals surface area contributed by atoms with Gasteiger partial charge in [-0.1, -0.05) is 35.3 Å². The lowest BCUT2D eigenvalue weighted by Crippen LogP contribution is -2.27. The smallest absolute Gasteiger partial charge is 0.236 e. The van der Waals surface area contributed by atoms with E-state index in [-0.39, 0.29) is 11.9 Å². The number of rotatable bonds is 1. The maximum atomic E-state index is 12.5.